The molecule has 3 aromatic rings. The molecule has 6 nitrogen and oxygen atoms in total. The number of nitriles is 1. The quantitative estimate of drug-likeness (QED) is 0.184. The number of carbonyl (C=O) groups is 1. The topological polar surface area (TPSA) is 111 Å². The molecule has 0 aliphatic heterocycles. The van der Waals surface area contributed by atoms with Crippen LogP contribution in [0.15, 0.2) is 72.8 Å². The number of nitrogens with two attached hydrogens (primary N) is 2. The van der Waals surface area contributed by atoms with Crippen LogP contribution in [0.2, 0.25) is 0 Å². The average molecular weight is 413 g/mol. The summed E-state index contributed by atoms with van der Waals surface area (Å²) in [6.45, 7) is 0.307. The number of aryl methyl sites for hydroxylation is 1. The van der Waals surface area contributed by atoms with Gasteiger partial charge in [0.15, 0.2) is 0 Å². The maximum absolute atomic E-state index is 11.9. The first-order valence-corrected chi connectivity index (χ1v) is 9.80. The van der Waals surface area contributed by atoms with E-state index in [1.54, 1.807) is 36.6 Å². The minimum atomic E-state index is -0.391. The number of nitrogen functional groups attached to an aromatic ring is 2. The molecular weight excluding hydrogens is 390 g/mol. The molecule has 0 aliphatic rings. The first-order chi connectivity index (χ1) is 15.0. The predicted octanol–water partition coefficient (Wildman–Crippen LogP) is 4.57. The lowest BCUT2D eigenvalue weighted by molar-refractivity contribution is -0.137. The van der Waals surface area contributed by atoms with Gasteiger partial charge in [-0.15, -0.1) is 5.26 Å². The van der Waals surface area contributed by atoms with Crippen LogP contribution in [-0.4, -0.2) is 12.6 Å². The summed E-state index contributed by atoms with van der Waals surface area (Å²) in [5.74, 6) is 0.110. The number of benzene rings is 3. The van der Waals surface area contributed by atoms with Crippen molar-refractivity contribution in [3.8, 4) is 23.1 Å². The molecule has 0 heterocycles. The van der Waals surface area contributed by atoms with E-state index in [9.17, 15) is 4.79 Å². The van der Waals surface area contributed by atoms with Gasteiger partial charge in [-0.2, -0.15) is 0 Å². The molecule has 156 valence electrons. The molecule has 0 unspecified atom stereocenters. The second-order valence-corrected chi connectivity index (χ2v) is 6.90. The van der Waals surface area contributed by atoms with Gasteiger partial charge in [0, 0.05) is 17.5 Å². The van der Waals surface area contributed by atoms with Gasteiger partial charge in [0.1, 0.15) is 5.75 Å². The van der Waals surface area contributed by atoms with Crippen molar-refractivity contribution in [1.82, 2.24) is 0 Å². The molecule has 0 radical (unpaired) electrons. The average Bonchev–Trinajstić information content (AvgIpc) is 2.78. The summed E-state index contributed by atoms with van der Waals surface area (Å²) in [7, 11) is 0. The Bertz CT molecular complexity index is 1100. The van der Waals surface area contributed by atoms with E-state index in [-0.39, 0.29) is 0 Å². The number of carbonyl (C=O) groups excluding carboxylic acids is 1. The maximum atomic E-state index is 11.9. The summed E-state index contributed by atoms with van der Waals surface area (Å²) in [6.07, 6.45) is 6.14. The van der Waals surface area contributed by atoms with Crippen LogP contribution in [0.25, 0.3) is 17.2 Å². The number of hydrogen-bond acceptors (Lipinski definition) is 6. The van der Waals surface area contributed by atoms with E-state index in [2.05, 4.69) is 0 Å². The Hall–Kier alpha value is -4.24. The molecule has 0 amide bonds. The fourth-order valence-electron chi connectivity index (χ4n) is 3.04. The molecule has 0 aromatic heterocycles. The van der Waals surface area contributed by atoms with Crippen molar-refractivity contribution in [2.45, 2.75) is 12.8 Å². The first-order valence-electron chi connectivity index (χ1n) is 9.80. The number of nitrogens with zero attached hydrogens (tertiary/aromatic N) is 1. The smallest absolute Gasteiger partial charge is 0.330 e. The Morgan fingerprint density at radius 1 is 0.968 bits per heavy atom. The highest BCUT2D eigenvalue weighted by Gasteiger charge is 2.03. The highest BCUT2D eigenvalue weighted by Crippen LogP contribution is 2.23. The molecule has 31 heavy (non-hydrogen) atoms. The van der Waals surface area contributed by atoms with E-state index in [0.29, 0.717) is 36.6 Å². The van der Waals surface area contributed by atoms with Gasteiger partial charge in [0.2, 0.25) is 0 Å². The highest BCUT2D eigenvalue weighted by atomic mass is 16.5. The molecular formula is C25H23N3O3. The molecule has 3 aromatic carbocycles. The monoisotopic (exact) mass is 413 g/mol. The summed E-state index contributed by atoms with van der Waals surface area (Å²) in [5, 5.41) is 8.53. The van der Waals surface area contributed by atoms with Crippen LogP contribution in [0.4, 0.5) is 11.4 Å². The summed E-state index contributed by atoms with van der Waals surface area (Å²) >= 11 is 0. The van der Waals surface area contributed by atoms with E-state index in [1.807, 2.05) is 42.5 Å². The lowest BCUT2D eigenvalue weighted by Crippen LogP contribution is -2.04. The Morgan fingerprint density at radius 3 is 2.32 bits per heavy atom. The van der Waals surface area contributed by atoms with Crippen LogP contribution in [0, 0.1) is 11.5 Å². The number of esters is 1. The molecule has 0 bridgehead atoms. The number of hydrogen-bond donors (Lipinski definition) is 2. The SMILES string of the molecule is N#COc1ccc(-c2ccc(/C=C/C(=O)OCCCc3cc(N)ccc3N)cc2)cc1. The van der Waals surface area contributed by atoms with Gasteiger partial charge in [-0.3, -0.25) is 0 Å². The Kier molecular flexibility index (Phi) is 7.28. The maximum Gasteiger partial charge on any atom is 0.330 e. The van der Waals surface area contributed by atoms with Gasteiger partial charge in [-0.25, -0.2) is 4.79 Å². The summed E-state index contributed by atoms with van der Waals surface area (Å²) in [6, 6.07) is 20.4. The summed E-state index contributed by atoms with van der Waals surface area (Å²) in [5.41, 5.74) is 16.9. The van der Waals surface area contributed by atoms with Crippen molar-refractivity contribution >= 4 is 23.4 Å². The molecule has 0 aliphatic carbocycles. The van der Waals surface area contributed by atoms with Crippen LogP contribution in [-0.2, 0) is 16.0 Å². The third-order valence-electron chi connectivity index (χ3n) is 4.68. The summed E-state index contributed by atoms with van der Waals surface area (Å²) < 4.78 is 10.0. The van der Waals surface area contributed by atoms with Crippen LogP contribution < -0.4 is 16.2 Å². The normalized spacial score (nSPS) is 10.5. The van der Waals surface area contributed by atoms with E-state index < -0.39 is 5.97 Å². The van der Waals surface area contributed by atoms with Gasteiger partial charge in [-0.05, 0) is 71.5 Å². The van der Waals surface area contributed by atoms with Gasteiger partial charge in [0.25, 0.3) is 6.26 Å². The zero-order valence-corrected chi connectivity index (χ0v) is 17.0. The zero-order chi connectivity index (χ0) is 22.1. The minimum absolute atomic E-state index is 0.307. The Labute approximate surface area is 181 Å². The van der Waals surface area contributed by atoms with Gasteiger partial charge < -0.3 is 20.9 Å². The number of anilines is 2. The minimum Gasteiger partial charge on any atom is -0.463 e. The van der Waals surface area contributed by atoms with E-state index in [4.69, 9.17) is 26.2 Å². The van der Waals surface area contributed by atoms with Crippen molar-refractivity contribution in [3.63, 3.8) is 0 Å². The lowest BCUT2D eigenvalue weighted by Gasteiger charge is -2.07. The Morgan fingerprint density at radius 2 is 1.65 bits per heavy atom. The van der Waals surface area contributed by atoms with E-state index in [1.165, 1.54) is 6.08 Å². The van der Waals surface area contributed by atoms with Crippen LogP contribution >= 0.6 is 0 Å². The molecule has 0 fully saturated rings. The zero-order valence-electron chi connectivity index (χ0n) is 17.0. The van der Waals surface area contributed by atoms with Gasteiger partial charge in [-0.1, -0.05) is 36.4 Å². The van der Waals surface area contributed by atoms with Crippen LogP contribution in [0.3, 0.4) is 0 Å². The molecule has 0 spiro atoms. The second-order valence-electron chi connectivity index (χ2n) is 6.90. The molecule has 3 rings (SSSR count). The molecule has 0 atom stereocenters. The predicted molar refractivity (Wildman–Crippen MR) is 122 cm³/mol. The fourth-order valence-corrected chi connectivity index (χ4v) is 3.04. The fraction of sp³-hybridized carbons (Fsp3) is 0.120. The van der Waals surface area contributed by atoms with Crippen molar-refractivity contribution < 1.29 is 14.3 Å². The standard InChI is InChI=1S/C25H23N3O3/c26-17-31-23-11-8-20(9-12-23)19-6-3-18(4-7-19)5-14-25(29)30-15-1-2-21-16-22(27)10-13-24(21)28/h3-14,16H,1-2,15,27-28H2/b14-5+. The Balaban J connectivity index is 1.47. The number of ether oxygens (including phenoxy) is 2. The van der Waals surface area contributed by atoms with Crippen molar-refractivity contribution in [2.75, 3.05) is 18.1 Å². The largest absolute Gasteiger partial charge is 0.463 e. The summed E-state index contributed by atoms with van der Waals surface area (Å²) in [4.78, 5) is 11.9. The molecule has 0 saturated carbocycles. The van der Waals surface area contributed by atoms with Crippen molar-refractivity contribution in [2.24, 2.45) is 0 Å². The number of rotatable bonds is 8. The van der Waals surface area contributed by atoms with Gasteiger partial charge in [0.05, 0.1) is 6.61 Å². The van der Waals surface area contributed by atoms with Crippen LogP contribution in [0.1, 0.15) is 17.5 Å². The molecule has 6 heteroatoms. The van der Waals surface area contributed by atoms with Crippen molar-refractivity contribution in [3.05, 3.63) is 83.9 Å². The molecule has 0 saturated heterocycles. The van der Waals surface area contributed by atoms with Gasteiger partial charge >= 0.3 is 5.97 Å². The molecule has 4 N–H and O–H groups in total. The lowest BCUT2D eigenvalue weighted by atomic mass is 10.0. The third kappa shape index (κ3) is 6.38. The third-order valence-corrected chi connectivity index (χ3v) is 4.68. The van der Waals surface area contributed by atoms with E-state index >= 15 is 0 Å². The van der Waals surface area contributed by atoms with E-state index in [0.717, 1.165) is 22.3 Å². The van der Waals surface area contributed by atoms with Crippen LogP contribution in [0.5, 0.6) is 5.75 Å². The van der Waals surface area contributed by atoms with Crippen molar-refractivity contribution in [1.29, 1.82) is 5.26 Å². The highest BCUT2D eigenvalue weighted by molar-refractivity contribution is 5.87. The second kappa shape index (κ2) is 10.5. The first kappa shape index (κ1) is 21.5.